The molecule has 1 atom stereocenters. The highest BCUT2D eigenvalue weighted by Gasteiger charge is 2.24. The lowest BCUT2D eigenvalue weighted by molar-refractivity contribution is 0.271. The number of likely N-dealkylation sites (tertiary alicyclic amines) is 1. The standard InChI is InChI=1S/C12H19N3/c1-3-15-8-4-5-11(15)10-6-7-12(13-2)14-9-10/h6-7,9,11H,3-5,8H2,1-2H3,(H,13,14)/t11-/m0/s1. The second-order valence-corrected chi connectivity index (χ2v) is 4.01. The van der Waals surface area contributed by atoms with Crippen LogP contribution in [0.4, 0.5) is 5.82 Å². The minimum absolute atomic E-state index is 0.591. The maximum absolute atomic E-state index is 4.37. The van der Waals surface area contributed by atoms with Crippen molar-refractivity contribution in [3.63, 3.8) is 0 Å². The Morgan fingerprint density at radius 2 is 2.40 bits per heavy atom. The average Bonchev–Trinajstić information content (AvgIpc) is 2.77. The zero-order chi connectivity index (χ0) is 10.7. The van der Waals surface area contributed by atoms with Crippen molar-refractivity contribution in [1.82, 2.24) is 9.88 Å². The third kappa shape index (κ3) is 2.12. The Morgan fingerprint density at radius 1 is 1.53 bits per heavy atom. The van der Waals surface area contributed by atoms with Crippen LogP contribution in [0.3, 0.4) is 0 Å². The van der Waals surface area contributed by atoms with E-state index in [2.05, 4.69) is 34.3 Å². The summed E-state index contributed by atoms with van der Waals surface area (Å²) < 4.78 is 0. The van der Waals surface area contributed by atoms with E-state index in [9.17, 15) is 0 Å². The Bertz CT molecular complexity index is 307. The molecule has 1 saturated heterocycles. The van der Waals surface area contributed by atoms with Crippen LogP contribution in [0.2, 0.25) is 0 Å². The SMILES string of the molecule is CCN1CCC[C@H]1c1ccc(NC)nc1. The van der Waals surface area contributed by atoms with Gasteiger partial charge in [-0.1, -0.05) is 13.0 Å². The summed E-state index contributed by atoms with van der Waals surface area (Å²) in [5.41, 5.74) is 1.35. The summed E-state index contributed by atoms with van der Waals surface area (Å²) in [6, 6.07) is 4.84. The van der Waals surface area contributed by atoms with Gasteiger partial charge in [-0.05, 0) is 37.6 Å². The number of hydrogen-bond donors (Lipinski definition) is 1. The van der Waals surface area contributed by atoms with Crippen LogP contribution in [0.15, 0.2) is 18.3 Å². The van der Waals surface area contributed by atoms with Gasteiger partial charge in [-0.15, -0.1) is 0 Å². The van der Waals surface area contributed by atoms with E-state index in [1.54, 1.807) is 0 Å². The van der Waals surface area contributed by atoms with Gasteiger partial charge in [0.05, 0.1) is 0 Å². The Balaban J connectivity index is 2.14. The Labute approximate surface area is 91.5 Å². The number of pyridine rings is 1. The fourth-order valence-corrected chi connectivity index (χ4v) is 2.33. The Morgan fingerprint density at radius 3 is 3.00 bits per heavy atom. The van der Waals surface area contributed by atoms with E-state index in [0.29, 0.717) is 6.04 Å². The monoisotopic (exact) mass is 205 g/mol. The lowest BCUT2D eigenvalue weighted by Crippen LogP contribution is -2.22. The van der Waals surface area contributed by atoms with Crippen LogP contribution in [0, 0.1) is 0 Å². The first kappa shape index (κ1) is 10.4. The smallest absolute Gasteiger partial charge is 0.125 e. The fourth-order valence-electron chi connectivity index (χ4n) is 2.33. The molecule has 15 heavy (non-hydrogen) atoms. The van der Waals surface area contributed by atoms with Gasteiger partial charge in [0.15, 0.2) is 0 Å². The topological polar surface area (TPSA) is 28.2 Å². The molecule has 0 unspecified atom stereocenters. The van der Waals surface area contributed by atoms with Crippen LogP contribution in [0.5, 0.6) is 0 Å². The van der Waals surface area contributed by atoms with Gasteiger partial charge in [-0.3, -0.25) is 4.90 Å². The fraction of sp³-hybridized carbons (Fsp3) is 0.583. The molecular weight excluding hydrogens is 186 g/mol. The molecule has 2 heterocycles. The van der Waals surface area contributed by atoms with E-state index < -0.39 is 0 Å². The van der Waals surface area contributed by atoms with Gasteiger partial charge >= 0.3 is 0 Å². The lowest BCUT2D eigenvalue weighted by atomic mass is 10.1. The second-order valence-electron chi connectivity index (χ2n) is 4.01. The summed E-state index contributed by atoms with van der Waals surface area (Å²) in [6.45, 7) is 4.60. The van der Waals surface area contributed by atoms with Gasteiger partial charge in [0.25, 0.3) is 0 Å². The Hall–Kier alpha value is -1.09. The second kappa shape index (κ2) is 4.62. The molecule has 0 aliphatic carbocycles. The van der Waals surface area contributed by atoms with Crippen molar-refractivity contribution in [1.29, 1.82) is 0 Å². The van der Waals surface area contributed by atoms with Crippen molar-refractivity contribution in [2.75, 3.05) is 25.5 Å². The molecule has 0 amide bonds. The molecule has 1 aliphatic heterocycles. The van der Waals surface area contributed by atoms with Gasteiger partial charge in [0.2, 0.25) is 0 Å². The van der Waals surface area contributed by atoms with Crippen molar-refractivity contribution in [2.45, 2.75) is 25.8 Å². The van der Waals surface area contributed by atoms with Crippen molar-refractivity contribution in [2.24, 2.45) is 0 Å². The third-order valence-electron chi connectivity index (χ3n) is 3.20. The Kier molecular flexibility index (Phi) is 3.21. The van der Waals surface area contributed by atoms with Crippen molar-refractivity contribution in [3.05, 3.63) is 23.9 Å². The molecule has 1 N–H and O–H groups in total. The third-order valence-corrected chi connectivity index (χ3v) is 3.20. The largest absolute Gasteiger partial charge is 0.373 e. The van der Waals surface area contributed by atoms with Crippen LogP contribution >= 0.6 is 0 Å². The number of hydrogen-bond acceptors (Lipinski definition) is 3. The van der Waals surface area contributed by atoms with Crippen molar-refractivity contribution >= 4 is 5.82 Å². The van der Waals surface area contributed by atoms with Crippen LogP contribution in [0.1, 0.15) is 31.4 Å². The van der Waals surface area contributed by atoms with E-state index in [4.69, 9.17) is 0 Å². The maximum Gasteiger partial charge on any atom is 0.125 e. The summed E-state index contributed by atoms with van der Waals surface area (Å²) in [7, 11) is 1.90. The zero-order valence-corrected chi connectivity index (χ0v) is 9.53. The number of nitrogens with one attached hydrogen (secondary N) is 1. The number of nitrogens with zero attached hydrogens (tertiary/aromatic N) is 2. The molecule has 1 aromatic rings. The highest BCUT2D eigenvalue weighted by molar-refractivity contribution is 5.35. The maximum atomic E-state index is 4.37. The molecule has 1 fully saturated rings. The summed E-state index contributed by atoms with van der Waals surface area (Å²) in [4.78, 5) is 6.90. The van der Waals surface area contributed by atoms with Gasteiger partial charge in [-0.25, -0.2) is 4.98 Å². The van der Waals surface area contributed by atoms with Crippen LogP contribution in [0.25, 0.3) is 0 Å². The summed E-state index contributed by atoms with van der Waals surface area (Å²) in [5, 5.41) is 3.05. The van der Waals surface area contributed by atoms with Gasteiger partial charge in [0.1, 0.15) is 5.82 Å². The first-order chi connectivity index (χ1) is 7.35. The number of aromatic nitrogens is 1. The molecule has 3 heteroatoms. The minimum Gasteiger partial charge on any atom is -0.373 e. The van der Waals surface area contributed by atoms with E-state index in [-0.39, 0.29) is 0 Å². The highest BCUT2D eigenvalue weighted by atomic mass is 15.2. The summed E-state index contributed by atoms with van der Waals surface area (Å²) >= 11 is 0. The first-order valence-electron chi connectivity index (χ1n) is 5.73. The number of anilines is 1. The first-order valence-corrected chi connectivity index (χ1v) is 5.73. The molecule has 0 bridgehead atoms. The summed E-state index contributed by atoms with van der Waals surface area (Å²) in [5.74, 6) is 0.944. The molecule has 0 aromatic carbocycles. The molecule has 3 nitrogen and oxygen atoms in total. The summed E-state index contributed by atoms with van der Waals surface area (Å²) in [6.07, 6.45) is 4.59. The highest BCUT2D eigenvalue weighted by Crippen LogP contribution is 2.31. The van der Waals surface area contributed by atoms with E-state index >= 15 is 0 Å². The average molecular weight is 205 g/mol. The number of rotatable bonds is 3. The van der Waals surface area contributed by atoms with Crippen LogP contribution < -0.4 is 5.32 Å². The van der Waals surface area contributed by atoms with E-state index in [0.717, 1.165) is 12.4 Å². The van der Waals surface area contributed by atoms with Crippen molar-refractivity contribution in [3.8, 4) is 0 Å². The van der Waals surface area contributed by atoms with Gasteiger partial charge in [-0.2, -0.15) is 0 Å². The quantitative estimate of drug-likeness (QED) is 0.820. The predicted octanol–water partition coefficient (Wildman–Crippen LogP) is 2.28. The van der Waals surface area contributed by atoms with E-state index in [1.807, 2.05) is 13.2 Å². The molecular formula is C12H19N3. The van der Waals surface area contributed by atoms with E-state index in [1.165, 1.54) is 24.9 Å². The normalized spacial score (nSPS) is 21.9. The van der Waals surface area contributed by atoms with Crippen LogP contribution in [-0.2, 0) is 0 Å². The lowest BCUT2D eigenvalue weighted by Gasteiger charge is -2.22. The van der Waals surface area contributed by atoms with Gasteiger partial charge in [0, 0.05) is 19.3 Å². The molecule has 1 aromatic heterocycles. The minimum atomic E-state index is 0.591. The van der Waals surface area contributed by atoms with Crippen molar-refractivity contribution < 1.29 is 0 Å². The van der Waals surface area contributed by atoms with Crippen LogP contribution in [-0.4, -0.2) is 30.0 Å². The molecule has 0 radical (unpaired) electrons. The molecule has 2 rings (SSSR count). The predicted molar refractivity (Wildman–Crippen MR) is 63.0 cm³/mol. The van der Waals surface area contributed by atoms with Gasteiger partial charge < -0.3 is 5.32 Å². The molecule has 82 valence electrons. The zero-order valence-electron chi connectivity index (χ0n) is 9.53. The molecule has 1 aliphatic rings. The molecule has 0 saturated carbocycles. The molecule has 0 spiro atoms.